The summed E-state index contributed by atoms with van der Waals surface area (Å²) in [6.07, 6.45) is 1.52. The van der Waals surface area contributed by atoms with Crippen LogP contribution in [0.5, 0.6) is 17.2 Å². The van der Waals surface area contributed by atoms with Crippen LogP contribution in [-0.4, -0.2) is 67.0 Å². The fourth-order valence-corrected chi connectivity index (χ4v) is 7.56. The lowest BCUT2D eigenvalue weighted by molar-refractivity contribution is -0.114. The van der Waals surface area contributed by atoms with E-state index in [1.807, 2.05) is 0 Å². The third kappa shape index (κ3) is 5.94. The summed E-state index contributed by atoms with van der Waals surface area (Å²) in [5.74, 6) is -0.569. The number of amides is 1. The van der Waals surface area contributed by atoms with E-state index in [1.165, 1.54) is 59.9 Å². The Balaban J connectivity index is 1.46. The number of carbonyl (C=O) groups excluding carboxylic acids is 1. The molecule has 0 radical (unpaired) electrons. The summed E-state index contributed by atoms with van der Waals surface area (Å²) in [7, 11) is -6.80. The van der Waals surface area contributed by atoms with Crippen molar-refractivity contribution in [2.45, 2.75) is 22.6 Å². The number of halogens is 1. The van der Waals surface area contributed by atoms with Gasteiger partial charge in [0.1, 0.15) is 31.3 Å². The van der Waals surface area contributed by atoms with Crippen molar-refractivity contribution < 1.29 is 40.2 Å². The first-order chi connectivity index (χ1) is 19.6. The molecular weight excluding hydrogens is 577 g/mol. The van der Waals surface area contributed by atoms with Gasteiger partial charge in [-0.2, -0.15) is 4.31 Å². The fraction of sp³-hybridized carbons (Fsp3) is 0.296. The van der Waals surface area contributed by atoms with Crippen LogP contribution in [0.3, 0.4) is 0 Å². The molecule has 0 spiro atoms. The van der Waals surface area contributed by atoms with Gasteiger partial charge in [0.05, 0.1) is 28.3 Å². The minimum Gasteiger partial charge on any atom is -0.495 e. The maximum Gasteiger partial charge on any atom is 0.264 e. The summed E-state index contributed by atoms with van der Waals surface area (Å²) < 4.78 is 86.0. The minimum atomic E-state index is -4.37. The Labute approximate surface area is 237 Å². The van der Waals surface area contributed by atoms with Crippen molar-refractivity contribution >= 4 is 37.3 Å². The maximum atomic E-state index is 13.8. The molecule has 0 saturated carbocycles. The van der Waals surface area contributed by atoms with Gasteiger partial charge in [0.25, 0.3) is 10.0 Å². The van der Waals surface area contributed by atoms with Gasteiger partial charge in [0.2, 0.25) is 15.9 Å². The Kier molecular flexibility index (Phi) is 8.07. The van der Waals surface area contributed by atoms with E-state index in [0.717, 1.165) is 29.3 Å². The number of methoxy groups -OCH3 is 1. The van der Waals surface area contributed by atoms with Gasteiger partial charge in [-0.25, -0.2) is 21.2 Å². The van der Waals surface area contributed by atoms with Crippen LogP contribution in [-0.2, 0) is 24.8 Å². The van der Waals surface area contributed by atoms with E-state index in [0.29, 0.717) is 25.4 Å². The molecule has 5 rings (SSSR count). The number of fused-ring (bicyclic) bond motifs is 1. The zero-order chi connectivity index (χ0) is 29.2. The third-order valence-electron chi connectivity index (χ3n) is 6.65. The largest absolute Gasteiger partial charge is 0.495 e. The molecule has 218 valence electrons. The Hall–Kier alpha value is -3.88. The molecule has 2 aliphatic rings. The zero-order valence-corrected chi connectivity index (χ0v) is 23.7. The van der Waals surface area contributed by atoms with E-state index < -0.39 is 38.3 Å². The fourth-order valence-electron chi connectivity index (χ4n) is 4.58. The SMILES string of the molecule is COc1ccc(S(=O)(=O)N2CCCC2)cc1NC(=O)CN(c1ccc(F)cc1)S(=O)(=O)c1ccc2c(c1)OCCO2. The van der Waals surface area contributed by atoms with Crippen molar-refractivity contribution in [2.24, 2.45) is 0 Å². The summed E-state index contributed by atoms with van der Waals surface area (Å²) in [6, 6.07) is 12.8. The molecule has 11 nitrogen and oxygen atoms in total. The Bertz CT molecular complexity index is 1660. The molecule has 0 unspecified atom stereocenters. The first-order valence-electron chi connectivity index (χ1n) is 12.8. The number of benzene rings is 3. The van der Waals surface area contributed by atoms with Gasteiger partial charge in [-0.1, -0.05) is 0 Å². The molecule has 1 saturated heterocycles. The third-order valence-corrected chi connectivity index (χ3v) is 10.3. The minimum absolute atomic E-state index is 0.0326. The van der Waals surface area contributed by atoms with Crippen LogP contribution in [0.25, 0.3) is 0 Å². The van der Waals surface area contributed by atoms with Crippen LogP contribution >= 0.6 is 0 Å². The first-order valence-corrected chi connectivity index (χ1v) is 15.6. The number of hydrogen-bond donors (Lipinski definition) is 1. The van der Waals surface area contributed by atoms with Gasteiger partial charge < -0.3 is 19.5 Å². The van der Waals surface area contributed by atoms with Gasteiger partial charge in [0, 0.05) is 19.2 Å². The quantitative estimate of drug-likeness (QED) is 0.394. The molecule has 0 bridgehead atoms. The highest BCUT2D eigenvalue weighted by Crippen LogP contribution is 2.35. The zero-order valence-electron chi connectivity index (χ0n) is 22.1. The Morgan fingerprint density at radius 2 is 1.59 bits per heavy atom. The number of nitrogens with one attached hydrogen (secondary N) is 1. The topological polar surface area (TPSA) is 132 Å². The maximum absolute atomic E-state index is 13.8. The second-order valence-electron chi connectivity index (χ2n) is 9.32. The van der Waals surface area contributed by atoms with Crippen LogP contribution in [0.4, 0.5) is 15.8 Å². The van der Waals surface area contributed by atoms with E-state index in [2.05, 4.69) is 5.32 Å². The average molecular weight is 606 g/mol. The van der Waals surface area contributed by atoms with Crippen molar-refractivity contribution in [1.29, 1.82) is 0 Å². The van der Waals surface area contributed by atoms with Crippen molar-refractivity contribution in [3.63, 3.8) is 0 Å². The number of hydrogen-bond acceptors (Lipinski definition) is 8. The lowest BCUT2D eigenvalue weighted by Gasteiger charge is -2.25. The molecule has 0 atom stereocenters. The summed E-state index contributed by atoms with van der Waals surface area (Å²) in [4.78, 5) is 13.1. The molecule has 2 aliphatic heterocycles. The summed E-state index contributed by atoms with van der Waals surface area (Å²) >= 11 is 0. The number of rotatable bonds is 9. The molecule has 41 heavy (non-hydrogen) atoms. The summed E-state index contributed by atoms with van der Waals surface area (Å²) in [5, 5.41) is 2.58. The van der Waals surface area contributed by atoms with E-state index in [1.54, 1.807) is 0 Å². The molecule has 3 aromatic rings. The van der Waals surface area contributed by atoms with Crippen molar-refractivity contribution in [1.82, 2.24) is 4.31 Å². The Morgan fingerprint density at radius 1 is 0.927 bits per heavy atom. The molecular formula is C27H28FN3O8S2. The lowest BCUT2D eigenvalue weighted by atomic mass is 10.3. The molecule has 1 N–H and O–H groups in total. The molecule has 14 heteroatoms. The predicted octanol–water partition coefficient (Wildman–Crippen LogP) is 3.22. The second kappa shape index (κ2) is 11.5. The van der Waals surface area contributed by atoms with Crippen molar-refractivity contribution in [3.8, 4) is 17.2 Å². The van der Waals surface area contributed by atoms with Crippen LogP contribution in [0.1, 0.15) is 12.8 Å². The van der Waals surface area contributed by atoms with Gasteiger partial charge in [-0.3, -0.25) is 9.10 Å². The van der Waals surface area contributed by atoms with Gasteiger partial charge in [0.15, 0.2) is 11.5 Å². The number of anilines is 2. The summed E-state index contributed by atoms with van der Waals surface area (Å²) in [6.45, 7) is 0.662. The molecule has 0 aromatic heterocycles. The molecule has 3 aromatic carbocycles. The van der Waals surface area contributed by atoms with Crippen LogP contribution < -0.4 is 23.8 Å². The van der Waals surface area contributed by atoms with Gasteiger partial charge in [-0.15, -0.1) is 0 Å². The highest BCUT2D eigenvalue weighted by molar-refractivity contribution is 7.92. The number of sulfonamides is 2. The van der Waals surface area contributed by atoms with Crippen LogP contribution in [0, 0.1) is 5.82 Å². The standard InChI is InChI=1S/C27H28FN3O8S2/c1-37-24-10-8-21(40(33,34)30-12-2-3-13-30)16-23(24)29-27(32)18-31(20-6-4-19(28)5-7-20)41(35,36)22-9-11-25-26(17-22)39-15-14-38-25/h4-11,16-17H,2-3,12-15,18H2,1H3,(H,29,32). The van der Waals surface area contributed by atoms with Crippen LogP contribution in [0.15, 0.2) is 70.5 Å². The van der Waals surface area contributed by atoms with Crippen molar-refractivity contribution in [2.75, 3.05) is 49.6 Å². The lowest BCUT2D eigenvalue weighted by Crippen LogP contribution is -2.38. The smallest absolute Gasteiger partial charge is 0.264 e. The number of ether oxygens (including phenoxy) is 3. The predicted molar refractivity (Wildman–Crippen MR) is 148 cm³/mol. The number of nitrogens with zero attached hydrogens (tertiary/aromatic N) is 2. The van der Waals surface area contributed by atoms with Gasteiger partial charge in [-0.05, 0) is 67.4 Å². The number of carbonyl (C=O) groups is 1. The van der Waals surface area contributed by atoms with E-state index in [4.69, 9.17) is 14.2 Å². The average Bonchev–Trinajstić information content (AvgIpc) is 3.52. The van der Waals surface area contributed by atoms with Crippen LogP contribution in [0.2, 0.25) is 0 Å². The highest BCUT2D eigenvalue weighted by atomic mass is 32.2. The Morgan fingerprint density at radius 3 is 2.27 bits per heavy atom. The van der Waals surface area contributed by atoms with Crippen molar-refractivity contribution in [3.05, 3.63) is 66.5 Å². The van der Waals surface area contributed by atoms with E-state index in [9.17, 15) is 26.0 Å². The highest BCUT2D eigenvalue weighted by Gasteiger charge is 2.31. The first kappa shape index (κ1) is 28.6. The molecule has 2 heterocycles. The monoisotopic (exact) mass is 605 g/mol. The molecule has 0 aliphatic carbocycles. The second-order valence-corrected chi connectivity index (χ2v) is 13.1. The van der Waals surface area contributed by atoms with Gasteiger partial charge >= 0.3 is 0 Å². The van der Waals surface area contributed by atoms with E-state index >= 15 is 0 Å². The van der Waals surface area contributed by atoms with E-state index in [-0.39, 0.29) is 39.3 Å². The molecule has 1 amide bonds. The molecule has 1 fully saturated rings. The summed E-state index contributed by atoms with van der Waals surface area (Å²) in [5.41, 5.74) is 0.0855. The normalized spacial score (nSPS) is 15.4.